The van der Waals surface area contributed by atoms with Crippen molar-refractivity contribution in [3.05, 3.63) is 94.0 Å². The fourth-order valence-electron chi connectivity index (χ4n) is 4.04. The summed E-state index contributed by atoms with van der Waals surface area (Å²) >= 11 is 0. The second kappa shape index (κ2) is 6.91. The molecule has 2 aliphatic rings. The van der Waals surface area contributed by atoms with Crippen molar-refractivity contribution in [1.82, 2.24) is 5.32 Å². The van der Waals surface area contributed by atoms with E-state index in [4.69, 9.17) is 9.47 Å². The summed E-state index contributed by atoms with van der Waals surface area (Å²) in [5.41, 5.74) is -0.418. The SMILES string of the molecule is CCCNC(=O)c1ccc2c(c1)C(=O)OC21c2cc(F)[c]cc2Oc2c[c]c(F)cc21. The van der Waals surface area contributed by atoms with E-state index >= 15 is 0 Å². The van der Waals surface area contributed by atoms with Gasteiger partial charge in [0.15, 0.2) is 5.60 Å². The lowest BCUT2D eigenvalue weighted by Gasteiger charge is -2.36. The number of hydrogen-bond donors (Lipinski definition) is 1. The molecule has 0 unspecified atom stereocenters. The van der Waals surface area contributed by atoms with Crippen LogP contribution in [0.5, 0.6) is 11.5 Å². The quantitative estimate of drug-likeness (QED) is 0.644. The Balaban J connectivity index is 1.75. The number of benzene rings is 3. The first-order chi connectivity index (χ1) is 14.9. The van der Waals surface area contributed by atoms with E-state index in [0.717, 1.165) is 18.6 Å². The summed E-state index contributed by atoms with van der Waals surface area (Å²) in [4.78, 5) is 25.3. The molecular weight excluding hydrogens is 404 g/mol. The fraction of sp³-hybridized carbons (Fsp3) is 0.167. The van der Waals surface area contributed by atoms with Gasteiger partial charge < -0.3 is 14.8 Å². The van der Waals surface area contributed by atoms with E-state index in [2.05, 4.69) is 17.4 Å². The van der Waals surface area contributed by atoms with Crippen LogP contribution in [-0.4, -0.2) is 18.4 Å². The van der Waals surface area contributed by atoms with Crippen molar-refractivity contribution in [2.24, 2.45) is 0 Å². The molecule has 0 saturated heterocycles. The van der Waals surface area contributed by atoms with E-state index in [9.17, 15) is 18.4 Å². The number of hydrogen-bond acceptors (Lipinski definition) is 4. The molecule has 1 amide bonds. The second-order valence-electron chi connectivity index (χ2n) is 7.31. The fourth-order valence-corrected chi connectivity index (χ4v) is 4.04. The number of carbonyl (C=O) groups is 2. The zero-order chi connectivity index (χ0) is 21.8. The Morgan fingerprint density at radius 1 is 1.03 bits per heavy atom. The van der Waals surface area contributed by atoms with E-state index in [1.807, 2.05) is 6.92 Å². The molecule has 154 valence electrons. The van der Waals surface area contributed by atoms with Crippen molar-refractivity contribution in [2.75, 3.05) is 6.54 Å². The number of carbonyl (C=O) groups excluding carboxylic acids is 2. The van der Waals surface area contributed by atoms with Gasteiger partial charge in [-0.2, -0.15) is 0 Å². The molecule has 2 radical (unpaired) electrons. The van der Waals surface area contributed by atoms with Crippen LogP contribution in [-0.2, 0) is 10.3 Å². The highest BCUT2D eigenvalue weighted by Gasteiger charge is 2.54. The standard InChI is InChI=1S/C24H15F2NO4/c1-2-9-27-22(28)13-3-6-17-16(10-13)23(29)31-24(17)18-11-14(25)4-7-20(18)30-21-8-5-15(26)12-19(21)24/h3,6-8,10-12H,2,9H2,1H3,(H,27,28). The van der Waals surface area contributed by atoms with Crippen LogP contribution in [0.2, 0.25) is 0 Å². The van der Waals surface area contributed by atoms with Gasteiger partial charge in [-0.3, -0.25) is 4.79 Å². The molecule has 0 saturated carbocycles. The maximum absolute atomic E-state index is 14.2. The Morgan fingerprint density at radius 2 is 1.68 bits per heavy atom. The molecule has 2 heterocycles. The molecule has 2 aliphatic heterocycles. The van der Waals surface area contributed by atoms with Gasteiger partial charge in [-0.05, 0) is 42.8 Å². The molecule has 0 aliphatic carbocycles. The van der Waals surface area contributed by atoms with Gasteiger partial charge in [-0.15, -0.1) is 0 Å². The third-order valence-corrected chi connectivity index (χ3v) is 5.40. The van der Waals surface area contributed by atoms with Crippen molar-refractivity contribution in [2.45, 2.75) is 18.9 Å². The first-order valence-electron chi connectivity index (χ1n) is 9.71. The summed E-state index contributed by atoms with van der Waals surface area (Å²) in [6.07, 6.45) is 0.764. The molecule has 5 nitrogen and oxygen atoms in total. The molecule has 7 heteroatoms. The number of halogens is 2. The average molecular weight is 419 g/mol. The highest BCUT2D eigenvalue weighted by Crippen LogP contribution is 2.56. The first-order valence-corrected chi connectivity index (χ1v) is 9.71. The summed E-state index contributed by atoms with van der Waals surface area (Å²) in [6, 6.07) is 14.3. The van der Waals surface area contributed by atoms with Crippen LogP contribution in [0.3, 0.4) is 0 Å². The summed E-state index contributed by atoms with van der Waals surface area (Å²) in [5.74, 6) is -1.96. The molecule has 0 aromatic heterocycles. The Hall–Kier alpha value is -3.74. The van der Waals surface area contributed by atoms with Gasteiger partial charge in [0.25, 0.3) is 5.91 Å². The van der Waals surface area contributed by atoms with E-state index in [-0.39, 0.29) is 39.7 Å². The van der Waals surface area contributed by atoms with E-state index in [1.54, 1.807) is 12.1 Å². The van der Waals surface area contributed by atoms with Crippen LogP contribution >= 0.6 is 0 Å². The van der Waals surface area contributed by atoms with Crippen LogP contribution < -0.4 is 10.1 Å². The third-order valence-electron chi connectivity index (χ3n) is 5.40. The van der Waals surface area contributed by atoms with Crippen molar-refractivity contribution in [3.63, 3.8) is 0 Å². The maximum Gasteiger partial charge on any atom is 0.340 e. The van der Waals surface area contributed by atoms with Gasteiger partial charge >= 0.3 is 5.97 Å². The summed E-state index contributed by atoms with van der Waals surface area (Å²) in [7, 11) is 0. The Labute approximate surface area is 176 Å². The normalized spacial score (nSPS) is 14.9. The molecular formula is C24H15F2NO4. The lowest BCUT2D eigenvalue weighted by molar-refractivity contribution is 0.0222. The zero-order valence-corrected chi connectivity index (χ0v) is 16.3. The van der Waals surface area contributed by atoms with Crippen molar-refractivity contribution in [1.29, 1.82) is 0 Å². The maximum atomic E-state index is 14.2. The third kappa shape index (κ3) is 2.80. The minimum absolute atomic E-state index is 0.143. The van der Waals surface area contributed by atoms with E-state index < -0.39 is 23.2 Å². The summed E-state index contributed by atoms with van der Waals surface area (Å²) in [5, 5.41) is 2.75. The minimum Gasteiger partial charge on any atom is -0.456 e. The Kier molecular flexibility index (Phi) is 4.28. The molecule has 1 spiro atoms. The van der Waals surface area contributed by atoms with Gasteiger partial charge in [0.1, 0.15) is 23.1 Å². The molecule has 0 bridgehead atoms. The molecule has 0 fully saturated rings. The van der Waals surface area contributed by atoms with Gasteiger partial charge in [0, 0.05) is 29.8 Å². The molecule has 5 rings (SSSR count). The zero-order valence-electron chi connectivity index (χ0n) is 16.3. The van der Waals surface area contributed by atoms with E-state index in [1.165, 1.54) is 18.2 Å². The van der Waals surface area contributed by atoms with Gasteiger partial charge in [0.05, 0.1) is 16.7 Å². The van der Waals surface area contributed by atoms with Crippen LogP contribution in [0, 0.1) is 23.8 Å². The largest absolute Gasteiger partial charge is 0.456 e. The predicted molar refractivity (Wildman–Crippen MR) is 105 cm³/mol. The molecule has 31 heavy (non-hydrogen) atoms. The second-order valence-corrected chi connectivity index (χ2v) is 7.31. The van der Waals surface area contributed by atoms with Crippen molar-refractivity contribution in [3.8, 4) is 11.5 Å². The monoisotopic (exact) mass is 419 g/mol. The van der Waals surface area contributed by atoms with Crippen LogP contribution in [0.4, 0.5) is 8.78 Å². The topological polar surface area (TPSA) is 64.6 Å². The Morgan fingerprint density at radius 3 is 2.29 bits per heavy atom. The Bertz CT molecular complexity index is 1200. The number of nitrogens with one attached hydrogen (secondary N) is 1. The van der Waals surface area contributed by atoms with Crippen LogP contribution in [0.1, 0.15) is 50.8 Å². The van der Waals surface area contributed by atoms with Crippen LogP contribution in [0.25, 0.3) is 0 Å². The first kappa shape index (κ1) is 19.2. The molecule has 1 N–H and O–H groups in total. The predicted octanol–water partition coefficient (Wildman–Crippen LogP) is 4.27. The number of ether oxygens (including phenoxy) is 2. The van der Waals surface area contributed by atoms with Gasteiger partial charge in [-0.25, -0.2) is 13.6 Å². The summed E-state index contributed by atoms with van der Waals surface area (Å²) in [6.45, 7) is 2.42. The molecule has 3 aromatic carbocycles. The van der Waals surface area contributed by atoms with Crippen LogP contribution in [0.15, 0.2) is 42.5 Å². The number of rotatable bonds is 3. The molecule has 3 aromatic rings. The summed E-state index contributed by atoms with van der Waals surface area (Å²) < 4.78 is 39.9. The lowest BCUT2D eigenvalue weighted by Crippen LogP contribution is -2.33. The number of fused-ring (bicyclic) bond motifs is 6. The van der Waals surface area contributed by atoms with Gasteiger partial charge in [0.2, 0.25) is 0 Å². The van der Waals surface area contributed by atoms with Crippen molar-refractivity contribution < 1.29 is 27.8 Å². The lowest BCUT2D eigenvalue weighted by atomic mass is 9.77. The highest BCUT2D eigenvalue weighted by molar-refractivity contribution is 6.01. The van der Waals surface area contributed by atoms with Gasteiger partial charge in [-0.1, -0.05) is 13.0 Å². The van der Waals surface area contributed by atoms with Crippen molar-refractivity contribution >= 4 is 11.9 Å². The minimum atomic E-state index is -1.63. The average Bonchev–Trinajstić information content (AvgIpc) is 3.06. The number of esters is 1. The smallest absolute Gasteiger partial charge is 0.340 e. The van der Waals surface area contributed by atoms with E-state index in [0.29, 0.717) is 12.1 Å². The number of amides is 1. The molecule has 0 atom stereocenters. The highest BCUT2D eigenvalue weighted by atomic mass is 19.1.